The molecule has 26 heavy (non-hydrogen) atoms. The first kappa shape index (κ1) is 18.2. The predicted molar refractivity (Wildman–Crippen MR) is 99.1 cm³/mol. The molecule has 0 aliphatic carbocycles. The van der Waals surface area contributed by atoms with E-state index in [9.17, 15) is 9.59 Å². The first-order valence-electron chi connectivity index (χ1n) is 9.27. The van der Waals surface area contributed by atoms with E-state index in [0.717, 1.165) is 31.5 Å². The lowest BCUT2D eigenvalue weighted by atomic mass is 10.0. The number of amides is 2. The molecule has 0 saturated carbocycles. The van der Waals surface area contributed by atoms with Gasteiger partial charge in [-0.3, -0.25) is 9.59 Å². The van der Waals surface area contributed by atoms with Gasteiger partial charge in [-0.15, -0.1) is 0 Å². The van der Waals surface area contributed by atoms with Gasteiger partial charge in [0.1, 0.15) is 0 Å². The number of rotatable bonds is 7. The van der Waals surface area contributed by atoms with Crippen molar-refractivity contribution in [3.8, 4) is 0 Å². The SMILES string of the molecule is O=C(NCc1ccccc1)[C@@H](CC(=O)N1CCCCC1)Cn1ccnc1. The standard InChI is InChI=1S/C20H26N4O2/c25-19(24-10-5-2-6-11-24)13-18(15-23-12-9-21-16-23)20(26)22-14-17-7-3-1-4-8-17/h1,3-4,7-9,12,16,18H,2,5-6,10-11,13-15H2,(H,22,26)/t18-/m0/s1. The molecular formula is C20H26N4O2. The van der Waals surface area contributed by atoms with Gasteiger partial charge < -0.3 is 14.8 Å². The van der Waals surface area contributed by atoms with E-state index in [1.165, 1.54) is 6.42 Å². The minimum atomic E-state index is -0.401. The van der Waals surface area contributed by atoms with E-state index < -0.39 is 5.92 Å². The van der Waals surface area contributed by atoms with Crippen molar-refractivity contribution < 1.29 is 9.59 Å². The van der Waals surface area contributed by atoms with Gasteiger partial charge in [-0.05, 0) is 24.8 Å². The second kappa shape index (κ2) is 9.17. The molecule has 1 aliphatic heterocycles. The van der Waals surface area contributed by atoms with Crippen LogP contribution < -0.4 is 5.32 Å². The third kappa shape index (κ3) is 5.18. The van der Waals surface area contributed by atoms with E-state index in [1.54, 1.807) is 12.5 Å². The molecule has 2 heterocycles. The Kier molecular flexibility index (Phi) is 6.41. The molecule has 1 N–H and O–H groups in total. The normalized spacial score (nSPS) is 15.5. The quantitative estimate of drug-likeness (QED) is 0.829. The maximum absolute atomic E-state index is 12.7. The Labute approximate surface area is 154 Å². The molecule has 1 fully saturated rings. The van der Waals surface area contributed by atoms with Gasteiger partial charge in [0.15, 0.2) is 0 Å². The lowest BCUT2D eigenvalue weighted by molar-refractivity contribution is -0.137. The van der Waals surface area contributed by atoms with Crippen molar-refractivity contribution in [3.63, 3.8) is 0 Å². The van der Waals surface area contributed by atoms with Crippen LogP contribution in [0.15, 0.2) is 49.1 Å². The molecular weight excluding hydrogens is 328 g/mol. The van der Waals surface area contributed by atoms with Crippen molar-refractivity contribution in [2.24, 2.45) is 5.92 Å². The minimum absolute atomic E-state index is 0.0738. The molecule has 0 bridgehead atoms. The highest BCUT2D eigenvalue weighted by Crippen LogP contribution is 2.15. The highest BCUT2D eigenvalue weighted by Gasteiger charge is 2.26. The van der Waals surface area contributed by atoms with Gasteiger partial charge in [0.05, 0.1) is 12.2 Å². The van der Waals surface area contributed by atoms with Gasteiger partial charge in [-0.1, -0.05) is 30.3 Å². The second-order valence-electron chi connectivity index (χ2n) is 6.81. The van der Waals surface area contributed by atoms with E-state index in [0.29, 0.717) is 13.1 Å². The van der Waals surface area contributed by atoms with Crippen LogP contribution in [-0.4, -0.2) is 39.4 Å². The van der Waals surface area contributed by atoms with Crippen LogP contribution in [0.25, 0.3) is 0 Å². The number of imidazole rings is 1. The average molecular weight is 354 g/mol. The Balaban J connectivity index is 1.61. The Morgan fingerprint density at radius 2 is 1.88 bits per heavy atom. The summed E-state index contributed by atoms with van der Waals surface area (Å²) in [4.78, 5) is 31.3. The van der Waals surface area contributed by atoms with Crippen molar-refractivity contribution in [3.05, 3.63) is 54.6 Å². The summed E-state index contributed by atoms with van der Waals surface area (Å²) in [5, 5.41) is 2.98. The van der Waals surface area contributed by atoms with E-state index >= 15 is 0 Å². The predicted octanol–water partition coefficient (Wildman–Crippen LogP) is 2.22. The van der Waals surface area contributed by atoms with Crippen molar-refractivity contribution in [2.45, 2.75) is 38.8 Å². The zero-order valence-corrected chi connectivity index (χ0v) is 15.0. The second-order valence-corrected chi connectivity index (χ2v) is 6.81. The van der Waals surface area contributed by atoms with Gasteiger partial charge in [0, 0.05) is 45.0 Å². The number of hydrogen-bond donors (Lipinski definition) is 1. The highest BCUT2D eigenvalue weighted by atomic mass is 16.2. The molecule has 6 heteroatoms. The number of carbonyl (C=O) groups excluding carboxylic acids is 2. The van der Waals surface area contributed by atoms with Crippen LogP contribution in [-0.2, 0) is 22.7 Å². The number of carbonyl (C=O) groups is 2. The van der Waals surface area contributed by atoms with Gasteiger partial charge >= 0.3 is 0 Å². The van der Waals surface area contributed by atoms with Crippen LogP contribution >= 0.6 is 0 Å². The summed E-state index contributed by atoms with van der Waals surface area (Å²) in [6.45, 7) is 2.54. The Morgan fingerprint density at radius 1 is 1.12 bits per heavy atom. The van der Waals surface area contributed by atoms with E-state index in [-0.39, 0.29) is 18.2 Å². The summed E-state index contributed by atoms with van der Waals surface area (Å²) < 4.78 is 1.86. The van der Waals surface area contributed by atoms with Gasteiger partial charge in [0.25, 0.3) is 0 Å². The molecule has 1 aromatic heterocycles. The summed E-state index contributed by atoms with van der Waals surface area (Å²) >= 11 is 0. The van der Waals surface area contributed by atoms with Gasteiger partial charge in [-0.25, -0.2) is 4.98 Å². The van der Waals surface area contributed by atoms with Crippen molar-refractivity contribution in [1.29, 1.82) is 0 Å². The third-order valence-corrected chi connectivity index (χ3v) is 4.80. The molecule has 138 valence electrons. The fraction of sp³-hybridized carbons (Fsp3) is 0.450. The molecule has 0 unspecified atom stereocenters. The zero-order valence-electron chi connectivity index (χ0n) is 15.0. The summed E-state index contributed by atoms with van der Waals surface area (Å²) in [5.74, 6) is -0.417. The van der Waals surface area contributed by atoms with Gasteiger partial charge in [0.2, 0.25) is 11.8 Å². The molecule has 1 saturated heterocycles. The highest BCUT2D eigenvalue weighted by molar-refractivity contribution is 5.85. The Bertz CT molecular complexity index is 694. The molecule has 1 atom stereocenters. The number of aromatic nitrogens is 2. The molecule has 0 radical (unpaired) electrons. The number of likely N-dealkylation sites (tertiary alicyclic amines) is 1. The van der Waals surface area contributed by atoms with E-state index in [1.807, 2.05) is 46.0 Å². The van der Waals surface area contributed by atoms with Crippen LogP contribution in [0.5, 0.6) is 0 Å². The Morgan fingerprint density at radius 3 is 2.58 bits per heavy atom. The number of benzene rings is 1. The monoisotopic (exact) mass is 354 g/mol. The van der Waals surface area contributed by atoms with Crippen LogP contribution in [0.4, 0.5) is 0 Å². The van der Waals surface area contributed by atoms with Gasteiger partial charge in [-0.2, -0.15) is 0 Å². The largest absolute Gasteiger partial charge is 0.352 e. The van der Waals surface area contributed by atoms with Crippen LogP contribution in [0, 0.1) is 5.92 Å². The smallest absolute Gasteiger partial charge is 0.225 e. The number of hydrogen-bond acceptors (Lipinski definition) is 3. The topological polar surface area (TPSA) is 67.2 Å². The Hall–Kier alpha value is -2.63. The zero-order chi connectivity index (χ0) is 18.2. The third-order valence-electron chi connectivity index (χ3n) is 4.80. The number of piperidine rings is 1. The maximum Gasteiger partial charge on any atom is 0.225 e. The van der Waals surface area contributed by atoms with Crippen LogP contribution in [0.1, 0.15) is 31.2 Å². The van der Waals surface area contributed by atoms with Crippen LogP contribution in [0.2, 0.25) is 0 Å². The summed E-state index contributed by atoms with van der Waals surface area (Å²) in [5.41, 5.74) is 1.05. The summed E-state index contributed by atoms with van der Waals surface area (Å²) in [6.07, 6.45) is 8.71. The molecule has 2 aromatic rings. The number of nitrogens with zero attached hydrogens (tertiary/aromatic N) is 3. The van der Waals surface area contributed by atoms with E-state index in [2.05, 4.69) is 10.3 Å². The fourth-order valence-corrected chi connectivity index (χ4v) is 3.30. The van der Waals surface area contributed by atoms with Crippen molar-refractivity contribution >= 4 is 11.8 Å². The molecule has 1 aromatic carbocycles. The maximum atomic E-state index is 12.7. The summed E-state index contributed by atoms with van der Waals surface area (Å²) in [7, 11) is 0. The molecule has 6 nitrogen and oxygen atoms in total. The molecule has 2 amide bonds. The van der Waals surface area contributed by atoms with Crippen LogP contribution in [0.3, 0.4) is 0 Å². The van der Waals surface area contributed by atoms with Crippen molar-refractivity contribution in [1.82, 2.24) is 19.8 Å². The average Bonchev–Trinajstić information content (AvgIpc) is 3.20. The lowest BCUT2D eigenvalue weighted by Crippen LogP contribution is -2.40. The fourth-order valence-electron chi connectivity index (χ4n) is 3.30. The first-order chi connectivity index (χ1) is 12.7. The molecule has 1 aliphatic rings. The molecule has 3 rings (SSSR count). The van der Waals surface area contributed by atoms with Crippen molar-refractivity contribution in [2.75, 3.05) is 13.1 Å². The lowest BCUT2D eigenvalue weighted by Gasteiger charge is -2.28. The van der Waals surface area contributed by atoms with E-state index in [4.69, 9.17) is 0 Å². The summed E-state index contributed by atoms with van der Waals surface area (Å²) in [6, 6.07) is 9.80. The number of nitrogens with one attached hydrogen (secondary N) is 1. The first-order valence-corrected chi connectivity index (χ1v) is 9.27. The molecule has 0 spiro atoms. The minimum Gasteiger partial charge on any atom is -0.352 e.